The maximum atomic E-state index is 13.0. The number of para-hydroxylation sites is 1. The van der Waals surface area contributed by atoms with Crippen LogP contribution in [0.2, 0.25) is 0 Å². The highest BCUT2D eigenvalue weighted by molar-refractivity contribution is 7.99. The van der Waals surface area contributed by atoms with Gasteiger partial charge in [-0.2, -0.15) is 0 Å². The summed E-state index contributed by atoms with van der Waals surface area (Å²) in [6.45, 7) is 6.58. The topological polar surface area (TPSA) is 35.6 Å². The number of nitrogens with zero attached hydrogens (tertiary/aromatic N) is 2. The summed E-state index contributed by atoms with van der Waals surface area (Å²) in [7, 11) is 0. The van der Waals surface area contributed by atoms with Crippen molar-refractivity contribution in [1.82, 2.24) is 10.2 Å². The summed E-state index contributed by atoms with van der Waals surface area (Å²) < 4.78 is 0. The molecule has 1 saturated heterocycles. The maximum Gasteiger partial charge on any atom is 0.251 e. The van der Waals surface area contributed by atoms with Crippen LogP contribution in [0.4, 0.5) is 11.4 Å². The molecule has 0 aromatic heterocycles. The number of amides is 1. The summed E-state index contributed by atoms with van der Waals surface area (Å²) in [4.78, 5) is 20.6. The van der Waals surface area contributed by atoms with Gasteiger partial charge in [0.05, 0.1) is 11.4 Å². The van der Waals surface area contributed by atoms with Crippen LogP contribution in [0, 0.1) is 5.92 Å². The van der Waals surface area contributed by atoms with Crippen LogP contribution in [0.1, 0.15) is 62.2 Å². The van der Waals surface area contributed by atoms with Gasteiger partial charge in [0.15, 0.2) is 0 Å². The third kappa shape index (κ3) is 4.69. The van der Waals surface area contributed by atoms with Crippen molar-refractivity contribution in [2.45, 2.75) is 67.7 Å². The highest BCUT2D eigenvalue weighted by Gasteiger charge is 2.29. The van der Waals surface area contributed by atoms with E-state index in [0.717, 1.165) is 18.7 Å². The van der Waals surface area contributed by atoms with Gasteiger partial charge in [0.1, 0.15) is 0 Å². The average molecular weight is 450 g/mol. The summed E-state index contributed by atoms with van der Waals surface area (Å²) in [5.41, 5.74) is 3.21. The number of benzene rings is 2. The quantitative estimate of drug-likeness (QED) is 0.579. The van der Waals surface area contributed by atoms with Crippen LogP contribution in [0.3, 0.4) is 0 Å². The van der Waals surface area contributed by atoms with E-state index < -0.39 is 0 Å². The van der Waals surface area contributed by atoms with Gasteiger partial charge in [0.2, 0.25) is 0 Å². The maximum absolute atomic E-state index is 13.0. The van der Waals surface area contributed by atoms with Crippen LogP contribution in [-0.4, -0.2) is 43.0 Å². The summed E-state index contributed by atoms with van der Waals surface area (Å²) in [6.07, 6.45) is 9.07. The number of rotatable bonds is 6. The van der Waals surface area contributed by atoms with Crippen molar-refractivity contribution in [1.29, 1.82) is 0 Å². The van der Waals surface area contributed by atoms with E-state index in [0.29, 0.717) is 12.0 Å². The standard InChI is InChI=1S/C27H35N3OS/c1-20(19-29-15-7-8-16-29)30-23-11-5-6-12-25(23)32-26-14-13-22(17-24(26)30)27(31)28-18-21-9-3-2-4-10-21/h5-6,11-14,17,20-21H,2-4,7-10,15-16,18-19H2,1H3,(H,28,31). The van der Waals surface area contributed by atoms with E-state index >= 15 is 0 Å². The minimum atomic E-state index is 0.0642. The lowest BCUT2D eigenvalue weighted by Gasteiger charge is -2.39. The molecule has 2 aromatic carbocycles. The molecule has 5 heteroatoms. The van der Waals surface area contributed by atoms with E-state index in [1.165, 1.54) is 79.2 Å². The van der Waals surface area contributed by atoms with Gasteiger partial charge in [-0.3, -0.25) is 4.79 Å². The third-order valence-electron chi connectivity index (χ3n) is 7.26. The van der Waals surface area contributed by atoms with E-state index in [2.05, 4.69) is 58.4 Å². The van der Waals surface area contributed by atoms with E-state index in [4.69, 9.17) is 0 Å². The minimum absolute atomic E-state index is 0.0642. The number of hydrogen-bond acceptors (Lipinski definition) is 4. The fourth-order valence-electron chi connectivity index (χ4n) is 5.55. The molecule has 4 nitrogen and oxygen atoms in total. The van der Waals surface area contributed by atoms with Gasteiger partial charge >= 0.3 is 0 Å². The number of fused-ring (bicyclic) bond motifs is 2. The summed E-state index contributed by atoms with van der Waals surface area (Å²) in [6, 6.07) is 15.3. The molecule has 2 fully saturated rings. The van der Waals surface area contributed by atoms with Crippen molar-refractivity contribution in [3.8, 4) is 0 Å². The Morgan fingerprint density at radius 3 is 2.56 bits per heavy atom. The molecular weight excluding hydrogens is 414 g/mol. The normalized spacial score (nSPS) is 20.0. The largest absolute Gasteiger partial charge is 0.352 e. The molecule has 2 heterocycles. The SMILES string of the molecule is CC(CN1CCCC1)N1c2ccccc2Sc2ccc(C(=O)NCC3CCCCC3)cc21. The van der Waals surface area contributed by atoms with E-state index in [1.807, 2.05) is 17.8 Å². The number of nitrogens with one attached hydrogen (secondary N) is 1. The first kappa shape index (κ1) is 21.8. The van der Waals surface area contributed by atoms with E-state index in [-0.39, 0.29) is 5.91 Å². The Morgan fingerprint density at radius 2 is 1.75 bits per heavy atom. The Bertz CT molecular complexity index is 950. The molecule has 0 radical (unpaired) electrons. The molecule has 1 atom stereocenters. The lowest BCUT2D eigenvalue weighted by molar-refractivity contribution is 0.0943. The predicted molar refractivity (Wildman–Crippen MR) is 133 cm³/mol. The highest BCUT2D eigenvalue weighted by atomic mass is 32.2. The zero-order valence-electron chi connectivity index (χ0n) is 19.2. The van der Waals surface area contributed by atoms with E-state index in [9.17, 15) is 4.79 Å². The number of carbonyl (C=O) groups is 1. The molecule has 0 spiro atoms. The molecule has 170 valence electrons. The van der Waals surface area contributed by atoms with Gasteiger partial charge in [0, 0.05) is 34.5 Å². The molecule has 1 aliphatic carbocycles. The monoisotopic (exact) mass is 449 g/mol. The summed E-state index contributed by atoms with van der Waals surface area (Å²) >= 11 is 1.82. The van der Waals surface area contributed by atoms with Crippen molar-refractivity contribution < 1.29 is 4.79 Å². The second-order valence-electron chi connectivity index (χ2n) is 9.69. The molecule has 1 N–H and O–H groups in total. The third-order valence-corrected chi connectivity index (χ3v) is 8.39. The van der Waals surface area contributed by atoms with Gasteiger partial charge in [-0.25, -0.2) is 0 Å². The van der Waals surface area contributed by atoms with Gasteiger partial charge < -0.3 is 15.1 Å². The smallest absolute Gasteiger partial charge is 0.251 e. The van der Waals surface area contributed by atoms with Crippen LogP contribution in [0.25, 0.3) is 0 Å². The number of carbonyl (C=O) groups excluding carboxylic acids is 1. The van der Waals surface area contributed by atoms with Gasteiger partial charge in [-0.1, -0.05) is 43.2 Å². The average Bonchev–Trinajstić information content (AvgIpc) is 3.34. The first-order valence-corrected chi connectivity index (χ1v) is 13.2. The van der Waals surface area contributed by atoms with Crippen molar-refractivity contribution in [2.75, 3.05) is 31.1 Å². The molecule has 1 saturated carbocycles. The molecule has 2 aromatic rings. The summed E-state index contributed by atoms with van der Waals surface area (Å²) in [5.74, 6) is 0.708. The van der Waals surface area contributed by atoms with Crippen LogP contribution in [-0.2, 0) is 0 Å². The molecular formula is C27H35N3OS. The second kappa shape index (κ2) is 9.88. The molecule has 1 amide bonds. The molecule has 3 aliphatic rings. The fourth-order valence-corrected chi connectivity index (χ4v) is 6.60. The van der Waals surface area contributed by atoms with Crippen molar-refractivity contribution in [3.63, 3.8) is 0 Å². The Morgan fingerprint density at radius 1 is 1.00 bits per heavy atom. The first-order chi connectivity index (χ1) is 15.7. The Balaban J connectivity index is 1.38. The second-order valence-corrected chi connectivity index (χ2v) is 10.8. The van der Waals surface area contributed by atoms with Gasteiger partial charge in [-0.15, -0.1) is 0 Å². The molecule has 1 unspecified atom stereocenters. The zero-order chi connectivity index (χ0) is 21.9. The number of hydrogen-bond donors (Lipinski definition) is 1. The van der Waals surface area contributed by atoms with Crippen molar-refractivity contribution >= 4 is 29.0 Å². The number of likely N-dealkylation sites (tertiary alicyclic amines) is 1. The number of anilines is 2. The van der Waals surface area contributed by atoms with Crippen molar-refractivity contribution in [3.05, 3.63) is 48.0 Å². The Hall–Kier alpha value is -1.98. The Labute approximate surface area is 196 Å². The van der Waals surface area contributed by atoms with Gasteiger partial charge in [0.25, 0.3) is 5.91 Å². The zero-order valence-corrected chi connectivity index (χ0v) is 20.0. The highest BCUT2D eigenvalue weighted by Crippen LogP contribution is 2.49. The lowest BCUT2D eigenvalue weighted by atomic mass is 9.89. The minimum Gasteiger partial charge on any atom is -0.352 e. The first-order valence-electron chi connectivity index (χ1n) is 12.4. The fraction of sp³-hybridized carbons (Fsp3) is 0.519. The van der Waals surface area contributed by atoms with Gasteiger partial charge in [-0.05, 0) is 81.9 Å². The Kier molecular flexibility index (Phi) is 6.74. The van der Waals surface area contributed by atoms with Crippen LogP contribution < -0.4 is 10.2 Å². The van der Waals surface area contributed by atoms with Crippen LogP contribution in [0.15, 0.2) is 52.3 Å². The van der Waals surface area contributed by atoms with E-state index in [1.54, 1.807) is 0 Å². The predicted octanol–water partition coefficient (Wildman–Crippen LogP) is 6.08. The molecule has 32 heavy (non-hydrogen) atoms. The van der Waals surface area contributed by atoms with Crippen LogP contribution >= 0.6 is 11.8 Å². The molecule has 5 rings (SSSR count). The van der Waals surface area contributed by atoms with Crippen molar-refractivity contribution in [2.24, 2.45) is 5.92 Å². The molecule has 0 bridgehead atoms. The lowest BCUT2D eigenvalue weighted by Crippen LogP contribution is -2.40. The molecule has 2 aliphatic heterocycles. The van der Waals surface area contributed by atoms with Crippen LogP contribution in [0.5, 0.6) is 0 Å². The summed E-state index contributed by atoms with van der Waals surface area (Å²) in [5, 5.41) is 3.22.